The molecule has 1 aliphatic rings. The van der Waals surface area contributed by atoms with Crippen molar-refractivity contribution in [1.29, 1.82) is 5.26 Å². The van der Waals surface area contributed by atoms with Crippen molar-refractivity contribution in [2.45, 2.75) is 26.2 Å². The Kier molecular flexibility index (Phi) is 3.47. The van der Waals surface area contributed by atoms with Gasteiger partial charge in [-0.1, -0.05) is 19.1 Å². The Balaban J connectivity index is 1.69. The molecule has 0 saturated heterocycles. The summed E-state index contributed by atoms with van der Waals surface area (Å²) in [6, 6.07) is 10.2. The Bertz CT molecular complexity index is 909. The van der Waals surface area contributed by atoms with E-state index in [-0.39, 0.29) is 0 Å². The molecule has 2 aromatic heterocycles. The Morgan fingerprint density at radius 2 is 2.30 bits per heavy atom. The molecule has 0 fully saturated rings. The molecule has 114 valence electrons. The van der Waals surface area contributed by atoms with Gasteiger partial charge in [0.1, 0.15) is 16.9 Å². The second kappa shape index (κ2) is 5.64. The molecular weight excluding hydrogens is 304 g/mol. The zero-order valence-corrected chi connectivity index (χ0v) is 13.7. The predicted octanol–water partition coefficient (Wildman–Crippen LogP) is 4.37. The van der Waals surface area contributed by atoms with Gasteiger partial charge in [-0.25, -0.2) is 9.98 Å². The van der Waals surface area contributed by atoms with Gasteiger partial charge in [0.2, 0.25) is 0 Å². The zero-order chi connectivity index (χ0) is 15.8. The van der Waals surface area contributed by atoms with E-state index >= 15 is 0 Å². The highest BCUT2D eigenvalue weighted by Crippen LogP contribution is 2.40. The Morgan fingerprint density at radius 3 is 3.13 bits per heavy atom. The lowest BCUT2D eigenvalue weighted by Crippen LogP contribution is -2.09. The van der Waals surface area contributed by atoms with E-state index in [0.717, 1.165) is 46.7 Å². The van der Waals surface area contributed by atoms with Crippen molar-refractivity contribution >= 4 is 33.6 Å². The molecule has 1 aromatic carbocycles. The molecule has 0 spiro atoms. The number of hydrogen-bond donors (Lipinski definition) is 1. The average Bonchev–Trinajstić information content (AvgIpc) is 3.12. The first-order valence-electron chi connectivity index (χ1n) is 7.78. The van der Waals surface area contributed by atoms with Crippen molar-refractivity contribution in [2.75, 3.05) is 0 Å². The molecule has 0 saturated carbocycles. The standard InChI is InChI=1S/C18H16N4S/c1-11-6-7-12-13(9-19)18(23-16(12)8-11)20-10-17-21-14-4-2-3-5-15(14)22-17/h2-5,10-11H,6-8H2,1H3,(H,21,22)/b20-10+. The van der Waals surface area contributed by atoms with E-state index in [2.05, 4.69) is 28.0 Å². The van der Waals surface area contributed by atoms with Crippen LogP contribution in [0, 0.1) is 17.2 Å². The fourth-order valence-corrected chi connectivity index (χ4v) is 4.40. The van der Waals surface area contributed by atoms with Crippen molar-refractivity contribution in [3.63, 3.8) is 0 Å². The summed E-state index contributed by atoms with van der Waals surface area (Å²) in [7, 11) is 0. The summed E-state index contributed by atoms with van der Waals surface area (Å²) in [5.74, 6) is 1.41. The highest BCUT2D eigenvalue weighted by Gasteiger charge is 2.23. The van der Waals surface area contributed by atoms with Crippen LogP contribution in [0.15, 0.2) is 29.3 Å². The number of rotatable bonds is 2. The SMILES string of the molecule is CC1CCc2c(sc(/N=C/c3nc4ccccc4[nH]3)c2C#N)C1. The van der Waals surface area contributed by atoms with Crippen LogP contribution in [0.2, 0.25) is 0 Å². The highest BCUT2D eigenvalue weighted by molar-refractivity contribution is 7.16. The van der Waals surface area contributed by atoms with Gasteiger partial charge < -0.3 is 4.98 Å². The van der Waals surface area contributed by atoms with Gasteiger partial charge in [-0.3, -0.25) is 0 Å². The summed E-state index contributed by atoms with van der Waals surface area (Å²) in [4.78, 5) is 13.6. The number of imidazole rings is 1. The Morgan fingerprint density at radius 1 is 1.43 bits per heavy atom. The molecule has 5 heteroatoms. The monoisotopic (exact) mass is 320 g/mol. The first kappa shape index (κ1) is 14.2. The Labute approximate surface area is 138 Å². The van der Waals surface area contributed by atoms with E-state index in [0.29, 0.717) is 5.92 Å². The number of aliphatic imine (C=N–C) groups is 1. The topological polar surface area (TPSA) is 64.8 Å². The van der Waals surface area contributed by atoms with Crippen molar-refractivity contribution in [3.8, 4) is 6.07 Å². The summed E-state index contributed by atoms with van der Waals surface area (Å²) in [6.07, 6.45) is 4.94. The molecule has 23 heavy (non-hydrogen) atoms. The van der Waals surface area contributed by atoms with Gasteiger partial charge in [-0.15, -0.1) is 11.3 Å². The Hall–Kier alpha value is -2.45. The number of nitrogens with zero attached hydrogens (tertiary/aromatic N) is 3. The van der Waals surface area contributed by atoms with Gasteiger partial charge in [-0.05, 0) is 42.9 Å². The fourth-order valence-electron chi connectivity index (χ4n) is 3.10. The summed E-state index contributed by atoms with van der Waals surface area (Å²) < 4.78 is 0. The van der Waals surface area contributed by atoms with Crippen LogP contribution < -0.4 is 0 Å². The minimum atomic E-state index is 0.694. The lowest BCUT2D eigenvalue weighted by Gasteiger charge is -2.17. The quantitative estimate of drug-likeness (QED) is 0.712. The molecule has 1 N–H and O–H groups in total. The number of aromatic amines is 1. The molecule has 1 aliphatic carbocycles. The van der Waals surface area contributed by atoms with Crippen LogP contribution in [0.4, 0.5) is 5.00 Å². The van der Waals surface area contributed by atoms with Gasteiger partial charge in [0.05, 0.1) is 22.8 Å². The normalized spacial score (nSPS) is 17.5. The van der Waals surface area contributed by atoms with Gasteiger partial charge >= 0.3 is 0 Å². The lowest BCUT2D eigenvalue weighted by atomic mass is 9.89. The maximum absolute atomic E-state index is 9.50. The predicted molar refractivity (Wildman–Crippen MR) is 93.6 cm³/mol. The fraction of sp³-hybridized carbons (Fsp3) is 0.278. The molecule has 4 rings (SSSR count). The van der Waals surface area contributed by atoms with Crippen LogP contribution in [0.5, 0.6) is 0 Å². The average molecular weight is 320 g/mol. The van der Waals surface area contributed by atoms with Gasteiger partial charge in [-0.2, -0.15) is 5.26 Å². The summed E-state index contributed by atoms with van der Waals surface area (Å²) in [5, 5.41) is 10.3. The van der Waals surface area contributed by atoms with E-state index in [4.69, 9.17) is 0 Å². The van der Waals surface area contributed by atoms with E-state index in [1.165, 1.54) is 10.4 Å². The number of nitrogens with one attached hydrogen (secondary N) is 1. The zero-order valence-electron chi connectivity index (χ0n) is 12.8. The number of fused-ring (bicyclic) bond motifs is 2. The summed E-state index contributed by atoms with van der Waals surface area (Å²) >= 11 is 1.65. The number of aromatic nitrogens is 2. The van der Waals surface area contributed by atoms with Crippen LogP contribution in [0.25, 0.3) is 11.0 Å². The maximum Gasteiger partial charge on any atom is 0.149 e. The van der Waals surface area contributed by atoms with Gasteiger partial charge in [0.25, 0.3) is 0 Å². The highest BCUT2D eigenvalue weighted by atomic mass is 32.1. The number of hydrogen-bond acceptors (Lipinski definition) is 4. The third kappa shape index (κ3) is 2.55. The number of para-hydroxylation sites is 2. The second-order valence-corrected chi connectivity index (χ2v) is 7.12. The number of thiophene rings is 1. The molecule has 3 aromatic rings. The second-order valence-electron chi connectivity index (χ2n) is 6.04. The minimum absolute atomic E-state index is 0.694. The number of nitriles is 1. The van der Waals surface area contributed by atoms with Crippen molar-refractivity contribution < 1.29 is 0 Å². The molecule has 0 radical (unpaired) electrons. The van der Waals surface area contributed by atoms with Crippen molar-refractivity contribution in [2.24, 2.45) is 10.9 Å². The minimum Gasteiger partial charge on any atom is -0.337 e. The van der Waals surface area contributed by atoms with Crippen LogP contribution in [-0.2, 0) is 12.8 Å². The van der Waals surface area contributed by atoms with E-state index in [9.17, 15) is 5.26 Å². The third-order valence-corrected chi connectivity index (χ3v) is 5.48. The first-order chi connectivity index (χ1) is 11.2. The van der Waals surface area contributed by atoms with Crippen LogP contribution in [0.3, 0.4) is 0 Å². The van der Waals surface area contributed by atoms with Gasteiger partial charge in [0, 0.05) is 4.88 Å². The van der Waals surface area contributed by atoms with Crippen molar-refractivity contribution in [1.82, 2.24) is 9.97 Å². The van der Waals surface area contributed by atoms with Crippen molar-refractivity contribution in [3.05, 3.63) is 46.1 Å². The molecule has 1 atom stereocenters. The molecule has 4 nitrogen and oxygen atoms in total. The third-order valence-electron chi connectivity index (χ3n) is 4.32. The number of H-pyrrole nitrogens is 1. The van der Waals surface area contributed by atoms with E-state index in [1.54, 1.807) is 17.6 Å². The lowest BCUT2D eigenvalue weighted by molar-refractivity contribution is 0.507. The summed E-state index contributed by atoms with van der Waals surface area (Å²) in [6.45, 7) is 2.27. The molecule has 0 aliphatic heterocycles. The van der Waals surface area contributed by atoms with E-state index in [1.807, 2.05) is 24.3 Å². The molecule has 1 unspecified atom stereocenters. The van der Waals surface area contributed by atoms with Crippen LogP contribution in [0.1, 0.15) is 35.2 Å². The summed E-state index contributed by atoms with van der Waals surface area (Å²) in [5.41, 5.74) is 3.89. The maximum atomic E-state index is 9.50. The van der Waals surface area contributed by atoms with Crippen LogP contribution >= 0.6 is 11.3 Å². The molecule has 0 bridgehead atoms. The first-order valence-corrected chi connectivity index (χ1v) is 8.59. The molecule has 2 heterocycles. The number of benzene rings is 1. The van der Waals surface area contributed by atoms with E-state index < -0.39 is 0 Å². The van der Waals surface area contributed by atoms with Gasteiger partial charge in [0.15, 0.2) is 0 Å². The smallest absolute Gasteiger partial charge is 0.149 e. The van der Waals surface area contributed by atoms with Crippen LogP contribution in [-0.4, -0.2) is 16.2 Å². The molecule has 0 amide bonds. The molecular formula is C18H16N4S. The largest absolute Gasteiger partial charge is 0.337 e.